The summed E-state index contributed by atoms with van der Waals surface area (Å²) in [5.74, 6) is -1.07. The molecule has 0 unspecified atom stereocenters. The Morgan fingerprint density at radius 3 is 2.39 bits per heavy atom. The van der Waals surface area contributed by atoms with Gasteiger partial charge >= 0.3 is 12.1 Å². The molecule has 1 amide bonds. The summed E-state index contributed by atoms with van der Waals surface area (Å²) in [5, 5.41) is 8.94. The van der Waals surface area contributed by atoms with Crippen LogP contribution in [0, 0.1) is 0 Å². The van der Waals surface area contributed by atoms with E-state index < -0.39 is 29.3 Å². The first-order chi connectivity index (χ1) is 8.03. The summed E-state index contributed by atoms with van der Waals surface area (Å²) in [6.07, 6.45) is -1.51. The summed E-state index contributed by atoms with van der Waals surface area (Å²) in [6.45, 7) is 9.11. The standard InChI is InChI=1S/C12H21NO5/c1-11(2,3)18-10(16)13-6-8(9(14)15)17-7-12(13,4)5/h8H,6-7H2,1-5H3,(H,14,15)/t8-/m1/s1. The van der Waals surface area contributed by atoms with E-state index in [0.717, 1.165) is 0 Å². The van der Waals surface area contributed by atoms with Crippen molar-refractivity contribution in [1.82, 2.24) is 4.90 Å². The van der Waals surface area contributed by atoms with Gasteiger partial charge in [-0.25, -0.2) is 9.59 Å². The minimum absolute atomic E-state index is 0.00273. The maximum Gasteiger partial charge on any atom is 0.410 e. The zero-order valence-corrected chi connectivity index (χ0v) is 11.5. The molecule has 6 nitrogen and oxygen atoms in total. The van der Waals surface area contributed by atoms with Crippen molar-refractivity contribution >= 4 is 12.1 Å². The molecular weight excluding hydrogens is 238 g/mol. The van der Waals surface area contributed by atoms with Crippen molar-refractivity contribution in [2.24, 2.45) is 0 Å². The van der Waals surface area contributed by atoms with Crippen molar-refractivity contribution in [2.45, 2.75) is 51.9 Å². The van der Waals surface area contributed by atoms with Gasteiger partial charge in [-0.2, -0.15) is 0 Å². The maximum absolute atomic E-state index is 12.1. The number of ether oxygens (including phenoxy) is 2. The molecule has 18 heavy (non-hydrogen) atoms. The lowest BCUT2D eigenvalue weighted by atomic mass is 10.0. The molecule has 0 aliphatic carbocycles. The van der Waals surface area contributed by atoms with Crippen molar-refractivity contribution in [3.63, 3.8) is 0 Å². The number of aliphatic carboxylic acids is 1. The predicted molar refractivity (Wildman–Crippen MR) is 64.4 cm³/mol. The highest BCUT2D eigenvalue weighted by Crippen LogP contribution is 2.24. The fourth-order valence-corrected chi connectivity index (χ4v) is 1.64. The normalized spacial score (nSPS) is 23.6. The number of carbonyl (C=O) groups excluding carboxylic acids is 1. The molecule has 0 saturated carbocycles. The van der Waals surface area contributed by atoms with E-state index in [-0.39, 0.29) is 13.2 Å². The Bertz CT molecular complexity index is 345. The number of morpholine rings is 1. The van der Waals surface area contributed by atoms with E-state index in [4.69, 9.17) is 14.6 Å². The van der Waals surface area contributed by atoms with Crippen LogP contribution in [-0.2, 0) is 14.3 Å². The topological polar surface area (TPSA) is 76.1 Å². The highest BCUT2D eigenvalue weighted by molar-refractivity contribution is 5.75. The van der Waals surface area contributed by atoms with Gasteiger partial charge in [0, 0.05) is 0 Å². The third-order valence-corrected chi connectivity index (χ3v) is 2.61. The minimum Gasteiger partial charge on any atom is -0.479 e. The summed E-state index contributed by atoms with van der Waals surface area (Å²) < 4.78 is 10.5. The molecule has 1 heterocycles. The molecule has 1 aliphatic rings. The molecule has 0 aromatic carbocycles. The van der Waals surface area contributed by atoms with Crippen LogP contribution in [0.2, 0.25) is 0 Å². The predicted octanol–water partition coefficient (Wildman–Crippen LogP) is 1.49. The van der Waals surface area contributed by atoms with Crippen molar-refractivity contribution in [2.75, 3.05) is 13.2 Å². The number of rotatable bonds is 1. The van der Waals surface area contributed by atoms with Gasteiger partial charge in [0.2, 0.25) is 0 Å². The Morgan fingerprint density at radius 1 is 1.39 bits per heavy atom. The van der Waals surface area contributed by atoms with Crippen LogP contribution in [0.1, 0.15) is 34.6 Å². The molecule has 1 aliphatic heterocycles. The van der Waals surface area contributed by atoms with Crippen molar-refractivity contribution < 1.29 is 24.2 Å². The van der Waals surface area contributed by atoms with Crippen molar-refractivity contribution in [1.29, 1.82) is 0 Å². The van der Waals surface area contributed by atoms with Gasteiger partial charge in [0.25, 0.3) is 0 Å². The van der Waals surface area contributed by atoms with Crippen LogP contribution in [0.15, 0.2) is 0 Å². The zero-order valence-electron chi connectivity index (χ0n) is 11.5. The molecule has 104 valence electrons. The summed E-state index contributed by atoms with van der Waals surface area (Å²) in [6, 6.07) is 0. The molecule has 0 bridgehead atoms. The second-order valence-corrected chi connectivity index (χ2v) is 6.04. The van der Waals surface area contributed by atoms with Gasteiger partial charge in [0.1, 0.15) is 5.60 Å². The van der Waals surface area contributed by atoms with E-state index in [0.29, 0.717) is 0 Å². The summed E-state index contributed by atoms with van der Waals surface area (Å²) >= 11 is 0. The Hall–Kier alpha value is -1.30. The molecule has 0 aromatic rings. The van der Waals surface area contributed by atoms with Gasteiger partial charge in [-0.3, -0.25) is 4.90 Å². The van der Waals surface area contributed by atoms with E-state index >= 15 is 0 Å². The second-order valence-electron chi connectivity index (χ2n) is 6.04. The number of carbonyl (C=O) groups is 2. The number of hydrogen-bond donors (Lipinski definition) is 1. The van der Waals surface area contributed by atoms with E-state index in [9.17, 15) is 9.59 Å². The molecular formula is C12H21NO5. The van der Waals surface area contributed by atoms with Gasteiger partial charge in [-0.1, -0.05) is 0 Å². The van der Waals surface area contributed by atoms with Crippen molar-refractivity contribution in [3.8, 4) is 0 Å². The first-order valence-corrected chi connectivity index (χ1v) is 5.88. The van der Waals surface area contributed by atoms with Crippen LogP contribution in [0.3, 0.4) is 0 Å². The Balaban J connectivity index is 2.81. The van der Waals surface area contributed by atoms with Gasteiger partial charge in [-0.15, -0.1) is 0 Å². The van der Waals surface area contributed by atoms with Crippen LogP contribution in [0.4, 0.5) is 4.79 Å². The van der Waals surface area contributed by atoms with Gasteiger partial charge < -0.3 is 14.6 Å². The van der Waals surface area contributed by atoms with E-state index in [1.54, 1.807) is 20.8 Å². The Kier molecular flexibility index (Phi) is 3.90. The number of nitrogens with zero attached hydrogens (tertiary/aromatic N) is 1. The quantitative estimate of drug-likeness (QED) is 0.772. The molecule has 1 N–H and O–H groups in total. The van der Waals surface area contributed by atoms with E-state index in [1.807, 2.05) is 13.8 Å². The van der Waals surface area contributed by atoms with Crippen LogP contribution in [0.5, 0.6) is 0 Å². The third kappa shape index (κ3) is 3.60. The lowest BCUT2D eigenvalue weighted by Crippen LogP contribution is -2.60. The zero-order chi connectivity index (χ0) is 14.1. The monoisotopic (exact) mass is 259 g/mol. The van der Waals surface area contributed by atoms with Crippen molar-refractivity contribution in [3.05, 3.63) is 0 Å². The highest BCUT2D eigenvalue weighted by atomic mass is 16.6. The lowest BCUT2D eigenvalue weighted by Gasteiger charge is -2.44. The maximum atomic E-state index is 12.1. The summed E-state index contributed by atoms with van der Waals surface area (Å²) in [7, 11) is 0. The largest absolute Gasteiger partial charge is 0.479 e. The molecule has 0 spiro atoms. The molecule has 6 heteroatoms. The third-order valence-electron chi connectivity index (χ3n) is 2.61. The fourth-order valence-electron chi connectivity index (χ4n) is 1.64. The number of amides is 1. The summed E-state index contributed by atoms with van der Waals surface area (Å²) in [5.41, 5.74) is -1.18. The summed E-state index contributed by atoms with van der Waals surface area (Å²) in [4.78, 5) is 24.4. The molecule has 1 atom stereocenters. The first-order valence-electron chi connectivity index (χ1n) is 5.88. The molecule has 0 radical (unpaired) electrons. The Labute approximate surface area is 107 Å². The number of hydrogen-bond acceptors (Lipinski definition) is 4. The number of carboxylic acids is 1. The average molecular weight is 259 g/mol. The lowest BCUT2D eigenvalue weighted by molar-refractivity contribution is -0.163. The Morgan fingerprint density at radius 2 is 1.94 bits per heavy atom. The van der Waals surface area contributed by atoms with Gasteiger partial charge in [0.15, 0.2) is 6.10 Å². The van der Waals surface area contributed by atoms with E-state index in [2.05, 4.69) is 0 Å². The highest BCUT2D eigenvalue weighted by Gasteiger charge is 2.42. The van der Waals surface area contributed by atoms with Crippen LogP contribution >= 0.6 is 0 Å². The minimum atomic E-state index is -1.07. The van der Waals surface area contributed by atoms with Gasteiger partial charge in [0.05, 0.1) is 18.7 Å². The van der Waals surface area contributed by atoms with Crippen LogP contribution < -0.4 is 0 Å². The van der Waals surface area contributed by atoms with Crippen LogP contribution in [0.25, 0.3) is 0 Å². The molecule has 1 rings (SSSR count). The fraction of sp³-hybridized carbons (Fsp3) is 0.833. The molecule has 0 aromatic heterocycles. The van der Waals surface area contributed by atoms with Crippen LogP contribution in [-0.4, -0.2) is 52.5 Å². The number of carboxylic acid groups (broad SMARTS) is 1. The SMILES string of the molecule is CC(C)(C)OC(=O)N1C[C@H](C(=O)O)OCC1(C)C. The molecule has 1 fully saturated rings. The van der Waals surface area contributed by atoms with E-state index in [1.165, 1.54) is 4.90 Å². The first kappa shape index (κ1) is 14.8. The average Bonchev–Trinajstić information content (AvgIpc) is 2.13. The second kappa shape index (κ2) is 4.76. The smallest absolute Gasteiger partial charge is 0.410 e. The molecule has 1 saturated heterocycles. The van der Waals surface area contributed by atoms with Gasteiger partial charge in [-0.05, 0) is 34.6 Å².